The van der Waals surface area contributed by atoms with Gasteiger partial charge in [-0.25, -0.2) is 13.1 Å². The Hall–Kier alpha value is -1.60. The first-order valence-corrected chi connectivity index (χ1v) is 8.36. The molecule has 0 aromatic heterocycles. The molecule has 0 heterocycles. The number of rotatable bonds is 7. The molecule has 1 aliphatic carbocycles. The van der Waals surface area contributed by atoms with Gasteiger partial charge in [-0.1, -0.05) is 12.1 Å². The van der Waals surface area contributed by atoms with Crippen LogP contribution >= 0.6 is 0 Å². The van der Waals surface area contributed by atoms with Crippen molar-refractivity contribution >= 4 is 21.6 Å². The molecule has 0 aliphatic heterocycles. The topological polar surface area (TPSA) is 101 Å². The summed E-state index contributed by atoms with van der Waals surface area (Å²) in [6.07, 6.45) is 1.86. The summed E-state index contributed by atoms with van der Waals surface area (Å²) in [7, 11) is -3.56. The Balaban J connectivity index is 2.26. The van der Waals surface area contributed by atoms with Crippen LogP contribution in [0.5, 0.6) is 0 Å². The number of benzene rings is 1. The molecule has 0 atom stereocenters. The average molecular weight is 311 g/mol. The van der Waals surface area contributed by atoms with Crippen LogP contribution in [0.2, 0.25) is 0 Å². The Morgan fingerprint density at radius 2 is 1.95 bits per heavy atom. The van der Waals surface area contributed by atoms with E-state index in [0.29, 0.717) is 5.69 Å². The highest BCUT2D eigenvalue weighted by Gasteiger charge is 2.30. The summed E-state index contributed by atoms with van der Waals surface area (Å²) < 4.78 is 27.4. The molecular formula is C14H21N3O3S. The van der Waals surface area contributed by atoms with Crippen molar-refractivity contribution in [3.8, 4) is 0 Å². The van der Waals surface area contributed by atoms with E-state index < -0.39 is 21.5 Å². The van der Waals surface area contributed by atoms with Gasteiger partial charge in [-0.3, -0.25) is 4.79 Å². The molecule has 0 unspecified atom stereocenters. The van der Waals surface area contributed by atoms with Crippen LogP contribution in [0.15, 0.2) is 29.2 Å². The van der Waals surface area contributed by atoms with Crippen LogP contribution < -0.4 is 15.8 Å². The van der Waals surface area contributed by atoms with E-state index in [4.69, 9.17) is 5.73 Å². The van der Waals surface area contributed by atoms with Crippen molar-refractivity contribution in [2.45, 2.75) is 49.6 Å². The van der Waals surface area contributed by atoms with Gasteiger partial charge in [-0.05, 0) is 38.8 Å². The maximum absolute atomic E-state index is 12.4. The normalized spacial score (nSPS) is 15.7. The molecule has 1 aromatic rings. The van der Waals surface area contributed by atoms with E-state index >= 15 is 0 Å². The number of hydrogen-bond acceptors (Lipinski definition) is 4. The van der Waals surface area contributed by atoms with Crippen LogP contribution in [0.4, 0.5) is 5.69 Å². The molecule has 6 nitrogen and oxygen atoms in total. The second-order valence-corrected chi connectivity index (χ2v) is 7.73. The smallest absolute Gasteiger partial charge is 0.242 e. The fraction of sp³-hybridized carbons (Fsp3) is 0.500. The highest BCUT2D eigenvalue weighted by molar-refractivity contribution is 7.89. The summed E-state index contributed by atoms with van der Waals surface area (Å²) >= 11 is 0. The number of hydrogen-bond donors (Lipinski definition) is 3. The van der Waals surface area contributed by atoms with E-state index in [2.05, 4.69) is 10.0 Å². The van der Waals surface area contributed by atoms with Gasteiger partial charge in [-0.15, -0.1) is 0 Å². The van der Waals surface area contributed by atoms with Crippen molar-refractivity contribution < 1.29 is 13.2 Å². The lowest BCUT2D eigenvalue weighted by molar-refractivity contribution is -0.118. The first-order chi connectivity index (χ1) is 9.70. The molecule has 1 amide bonds. The summed E-state index contributed by atoms with van der Waals surface area (Å²) in [5.74, 6) is -0.441. The molecule has 1 aliphatic rings. The number of primary amides is 1. The maximum Gasteiger partial charge on any atom is 0.242 e. The zero-order chi connectivity index (χ0) is 15.7. The van der Waals surface area contributed by atoms with E-state index in [0.717, 1.165) is 12.8 Å². The van der Waals surface area contributed by atoms with Gasteiger partial charge in [0.15, 0.2) is 0 Å². The monoisotopic (exact) mass is 311 g/mol. The lowest BCUT2D eigenvalue weighted by Crippen LogP contribution is -2.37. The van der Waals surface area contributed by atoms with Crippen molar-refractivity contribution in [3.63, 3.8) is 0 Å². The summed E-state index contributed by atoms with van der Waals surface area (Å²) in [5, 5.41) is 3.10. The van der Waals surface area contributed by atoms with E-state index in [1.807, 2.05) is 0 Å². The van der Waals surface area contributed by atoms with Gasteiger partial charge < -0.3 is 11.1 Å². The lowest BCUT2D eigenvalue weighted by Gasteiger charge is -2.27. The summed E-state index contributed by atoms with van der Waals surface area (Å²) in [4.78, 5) is 11.3. The minimum absolute atomic E-state index is 0.0432. The molecule has 0 saturated heterocycles. The van der Waals surface area contributed by atoms with Crippen molar-refractivity contribution in [1.82, 2.24) is 4.72 Å². The maximum atomic E-state index is 12.4. The quantitative estimate of drug-likeness (QED) is 0.704. The fourth-order valence-electron chi connectivity index (χ4n) is 2.13. The Kier molecular flexibility index (Phi) is 4.25. The second kappa shape index (κ2) is 5.65. The van der Waals surface area contributed by atoms with Crippen LogP contribution in [-0.2, 0) is 14.8 Å². The van der Waals surface area contributed by atoms with Crippen LogP contribution in [0.25, 0.3) is 0 Å². The molecule has 1 saturated carbocycles. The number of anilines is 1. The number of amides is 1. The molecule has 2 rings (SSSR count). The highest BCUT2D eigenvalue weighted by Crippen LogP contribution is 2.28. The van der Waals surface area contributed by atoms with Crippen molar-refractivity contribution in [2.75, 3.05) is 5.32 Å². The fourth-order valence-corrected chi connectivity index (χ4v) is 3.60. The third kappa shape index (κ3) is 4.44. The molecular weight excluding hydrogens is 290 g/mol. The third-order valence-corrected chi connectivity index (χ3v) is 4.74. The first kappa shape index (κ1) is 15.8. The molecule has 1 fully saturated rings. The standard InChI is InChI=1S/C14H21N3O3S/c1-14(2,9-13(15)18)16-11-5-3-4-6-12(11)21(19,20)17-10-7-8-10/h3-6,10,16-17H,7-9H2,1-2H3,(H2,15,18). The molecule has 0 radical (unpaired) electrons. The van der Waals surface area contributed by atoms with E-state index in [1.165, 1.54) is 0 Å². The second-order valence-electron chi connectivity index (χ2n) is 6.04. The Bertz CT molecular complexity index is 637. The number of carbonyl (C=O) groups excluding carboxylic acids is 1. The molecule has 7 heteroatoms. The van der Waals surface area contributed by atoms with Gasteiger partial charge >= 0.3 is 0 Å². The Morgan fingerprint density at radius 1 is 1.33 bits per heavy atom. The van der Waals surface area contributed by atoms with Crippen LogP contribution in [-0.4, -0.2) is 25.9 Å². The van der Waals surface area contributed by atoms with Gasteiger partial charge in [0, 0.05) is 18.0 Å². The lowest BCUT2D eigenvalue weighted by atomic mass is 10.00. The van der Waals surface area contributed by atoms with E-state index in [9.17, 15) is 13.2 Å². The molecule has 116 valence electrons. The zero-order valence-corrected chi connectivity index (χ0v) is 13.0. The summed E-state index contributed by atoms with van der Waals surface area (Å²) in [5.41, 5.74) is 5.06. The van der Waals surface area contributed by atoms with Gasteiger partial charge in [-0.2, -0.15) is 0 Å². The first-order valence-electron chi connectivity index (χ1n) is 6.87. The number of sulfonamides is 1. The zero-order valence-electron chi connectivity index (χ0n) is 12.2. The number of nitrogens with two attached hydrogens (primary N) is 1. The highest BCUT2D eigenvalue weighted by atomic mass is 32.2. The van der Waals surface area contributed by atoms with Gasteiger partial charge in [0.1, 0.15) is 4.90 Å². The van der Waals surface area contributed by atoms with E-state index in [1.54, 1.807) is 38.1 Å². The third-order valence-electron chi connectivity index (χ3n) is 3.16. The Morgan fingerprint density at radius 3 is 2.52 bits per heavy atom. The van der Waals surface area contributed by atoms with Gasteiger partial charge in [0.2, 0.25) is 15.9 Å². The largest absolute Gasteiger partial charge is 0.379 e. The Labute approximate surface area is 125 Å². The van der Waals surface area contributed by atoms with Gasteiger partial charge in [0.05, 0.1) is 5.69 Å². The minimum Gasteiger partial charge on any atom is -0.379 e. The van der Waals surface area contributed by atoms with Crippen LogP contribution in [0.3, 0.4) is 0 Å². The average Bonchev–Trinajstić information content (AvgIpc) is 3.10. The van der Waals surface area contributed by atoms with Crippen molar-refractivity contribution in [1.29, 1.82) is 0 Å². The molecule has 0 spiro atoms. The number of nitrogens with one attached hydrogen (secondary N) is 2. The molecule has 4 N–H and O–H groups in total. The number of para-hydroxylation sites is 1. The molecule has 0 bridgehead atoms. The van der Waals surface area contributed by atoms with Gasteiger partial charge in [0.25, 0.3) is 0 Å². The SMILES string of the molecule is CC(C)(CC(N)=O)Nc1ccccc1S(=O)(=O)NC1CC1. The minimum atomic E-state index is -3.56. The van der Waals surface area contributed by atoms with Crippen molar-refractivity contribution in [2.24, 2.45) is 5.73 Å². The van der Waals surface area contributed by atoms with E-state index in [-0.39, 0.29) is 17.4 Å². The predicted octanol–water partition coefficient (Wildman–Crippen LogP) is 1.19. The predicted molar refractivity (Wildman–Crippen MR) is 81.3 cm³/mol. The molecule has 21 heavy (non-hydrogen) atoms. The summed E-state index contributed by atoms with van der Waals surface area (Å²) in [6.45, 7) is 3.60. The molecule has 1 aromatic carbocycles. The summed E-state index contributed by atoms with van der Waals surface area (Å²) in [6, 6.07) is 6.70. The van der Waals surface area contributed by atoms with Crippen LogP contribution in [0, 0.1) is 0 Å². The van der Waals surface area contributed by atoms with Crippen LogP contribution in [0.1, 0.15) is 33.1 Å². The number of carbonyl (C=O) groups is 1. The van der Waals surface area contributed by atoms with Crippen molar-refractivity contribution in [3.05, 3.63) is 24.3 Å².